The zero-order valence-corrected chi connectivity index (χ0v) is 13.1. The van der Waals surface area contributed by atoms with Gasteiger partial charge >= 0.3 is 0 Å². The Morgan fingerprint density at radius 3 is 2.68 bits per heavy atom. The predicted octanol–water partition coefficient (Wildman–Crippen LogP) is 1.25. The summed E-state index contributed by atoms with van der Waals surface area (Å²) in [7, 11) is -3.50. The maximum Gasteiger partial charge on any atom is 0.241 e. The van der Waals surface area contributed by atoms with E-state index in [0.29, 0.717) is 18.0 Å². The quantitative estimate of drug-likeness (QED) is 0.720. The summed E-state index contributed by atoms with van der Waals surface area (Å²) >= 11 is 1.25. The molecule has 0 radical (unpaired) electrons. The molecule has 0 bridgehead atoms. The van der Waals surface area contributed by atoms with Crippen molar-refractivity contribution in [2.75, 3.05) is 26.2 Å². The van der Waals surface area contributed by atoms with E-state index in [1.54, 1.807) is 5.38 Å². The molecule has 0 aliphatic carbocycles. The molecule has 0 saturated heterocycles. The normalized spacial score (nSPS) is 12.2. The molecule has 7 heteroatoms. The largest absolute Gasteiger partial charge is 0.391 e. The minimum Gasteiger partial charge on any atom is -0.391 e. The van der Waals surface area contributed by atoms with Crippen molar-refractivity contribution in [3.63, 3.8) is 0 Å². The number of aliphatic hydroxyl groups excluding tert-OH is 1. The Balaban J connectivity index is 2.56. The molecule has 0 amide bonds. The van der Waals surface area contributed by atoms with E-state index in [0.717, 1.165) is 19.5 Å². The number of sulfonamides is 1. The summed E-state index contributed by atoms with van der Waals surface area (Å²) in [5.74, 6) is 0. The highest BCUT2D eigenvalue weighted by Crippen LogP contribution is 2.21. The molecule has 0 saturated carbocycles. The lowest BCUT2D eigenvalue weighted by Gasteiger charge is -2.19. The summed E-state index contributed by atoms with van der Waals surface area (Å²) in [5, 5.41) is 10.8. The fraction of sp³-hybridized carbons (Fsp3) is 0.667. The van der Waals surface area contributed by atoms with Crippen molar-refractivity contribution in [1.82, 2.24) is 9.62 Å². The van der Waals surface area contributed by atoms with Gasteiger partial charge in [0.15, 0.2) is 0 Å². The van der Waals surface area contributed by atoms with Crippen molar-refractivity contribution in [1.29, 1.82) is 0 Å². The highest BCUT2D eigenvalue weighted by molar-refractivity contribution is 7.89. The van der Waals surface area contributed by atoms with Gasteiger partial charge in [0.25, 0.3) is 0 Å². The van der Waals surface area contributed by atoms with Gasteiger partial charge in [0.2, 0.25) is 10.0 Å². The van der Waals surface area contributed by atoms with E-state index >= 15 is 0 Å². The third-order valence-corrected chi connectivity index (χ3v) is 5.43. The standard InChI is InChI=1S/C12H22N2O3S2/c1-3-7-14(4-2)8-6-13-19(16,17)12-5-9-18-11(12)10-15/h5,9,13,15H,3-4,6-8,10H2,1-2H3. The molecule has 0 unspecified atom stereocenters. The third kappa shape index (κ3) is 4.85. The number of nitrogens with zero attached hydrogens (tertiary/aromatic N) is 1. The molecule has 0 spiro atoms. The van der Waals surface area contributed by atoms with Crippen molar-refractivity contribution < 1.29 is 13.5 Å². The summed E-state index contributed by atoms with van der Waals surface area (Å²) in [6, 6.07) is 1.53. The highest BCUT2D eigenvalue weighted by Gasteiger charge is 2.18. The molecule has 0 aromatic carbocycles. The van der Waals surface area contributed by atoms with Crippen LogP contribution in [-0.2, 0) is 16.6 Å². The number of likely N-dealkylation sites (N-methyl/N-ethyl adjacent to an activating group) is 1. The van der Waals surface area contributed by atoms with Gasteiger partial charge in [-0.05, 0) is 31.0 Å². The van der Waals surface area contributed by atoms with E-state index < -0.39 is 10.0 Å². The van der Waals surface area contributed by atoms with Gasteiger partial charge in [-0.1, -0.05) is 13.8 Å². The van der Waals surface area contributed by atoms with E-state index in [1.807, 2.05) is 0 Å². The Hall–Kier alpha value is -0.470. The molecule has 0 aliphatic rings. The van der Waals surface area contributed by atoms with E-state index in [9.17, 15) is 8.42 Å². The lowest BCUT2D eigenvalue weighted by molar-refractivity contribution is 0.282. The van der Waals surface area contributed by atoms with Crippen LogP contribution in [0.2, 0.25) is 0 Å². The van der Waals surface area contributed by atoms with Crippen molar-refractivity contribution >= 4 is 21.4 Å². The van der Waals surface area contributed by atoms with Gasteiger partial charge in [-0.2, -0.15) is 0 Å². The van der Waals surface area contributed by atoms with Gasteiger partial charge < -0.3 is 10.0 Å². The molecule has 1 aromatic heterocycles. The maximum absolute atomic E-state index is 12.1. The van der Waals surface area contributed by atoms with Crippen LogP contribution in [0.5, 0.6) is 0 Å². The van der Waals surface area contributed by atoms with Crippen LogP contribution < -0.4 is 4.72 Å². The van der Waals surface area contributed by atoms with Gasteiger partial charge in [0, 0.05) is 18.0 Å². The fourth-order valence-corrected chi connectivity index (χ4v) is 4.16. The van der Waals surface area contributed by atoms with E-state index in [4.69, 9.17) is 5.11 Å². The number of hydrogen-bond donors (Lipinski definition) is 2. The summed E-state index contributed by atoms with van der Waals surface area (Å²) < 4.78 is 26.7. The average molecular weight is 306 g/mol. The van der Waals surface area contributed by atoms with Crippen LogP contribution in [0, 0.1) is 0 Å². The Kier molecular flexibility index (Phi) is 6.95. The summed E-state index contributed by atoms with van der Waals surface area (Å²) in [4.78, 5) is 2.87. The Labute approximate surface area is 119 Å². The summed E-state index contributed by atoms with van der Waals surface area (Å²) in [6.45, 7) is 6.89. The summed E-state index contributed by atoms with van der Waals surface area (Å²) in [6.07, 6.45) is 1.06. The molecule has 1 heterocycles. The van der Waals surface area contributed by atoms with Gasteiger partial charge in [-0.3, -0.25) is 0 Å². The summed E-state index contributed by atoms with van der Waals surface area (Å²) in [5.41, 5.74) is 0. The number of aliphatic hydroxyl groups is 1. The Bertz CT molecular complexity index is 471. The number of thiophene rings is 1. The van der Waals surface area contributed by atoms with Gasteiger partial charge in [0.05, 0.1) is 11.5 Å². The molecule has 5 nitrogen and oxygen atoms in total. The lowest BCUT2D eigenvalue weighted by Crippen LogP contribution is -2.35. The zero-order valence-electron chi connectivity index (χ0n) is 11.4. The second-order valence-electron chi connectivity index (χ2n) is 4.20. The van der Waals surface area contributed by atoms with Crippen LogP contribution in [0.1, 0.15) is 25.1 Å². The van der Waals surface area contributed by atoms with Crippen molar-refractivity contribution in [2.45, 2.75) is 31.8 Å². The van der Waals surface area contributed by atoms with Gasteiger partial charge in [-0.15, -0.1) is 11.3 Å². The molecule has 0 fully saturated rings. The third-order valence-electron chi connectivity index (χ3n) is 2.84. The van der Waals surface area contributed by atoms with Crippen LogP contribution in [0.3, 0.4) is 0 Å². The molecular formula is C12H22N2O3S2. The Morgan fingerprint density at radius 1 is 1.37 bits per heavy atom. The van der Waals surface area contributed by atoms with Crippen LogP contribution in [0.15, 0.2) is 16.3 Å². The van der Waals surface area contributed by atoms with Crippen molar-refractivity contribution in [3.05, 3.63) is 16.3 Å². The molecule has 19 heavy (non-hydrogen) atoms. The number of nitrogens with one attached hydrogen (secondary N) is 1. The predicted molar refractivity (Wildman–Crippen MR) is 77.8 cm³/mol. The topological polar surface area (TPSA) is 69.6 Å². The van der Waals surface area contributed by atoms with E-state index in [2.05, 4.69) is 23.5 Å². The molecule has 1 rings (SSSR count). The monoisotopic (exact) mass is 306 g/mol. The lowest BCUT2D eigenvalue weighted by atomic mass is 10.4. The zero-order chi connectivity index (χ0) is 14.3. The fourth-order valence-electron chi connectivity index (χ4n) is 1.84. The Morgan fingerprint density at radius 2 is 2.11 bits per heavy atom. The number of rotatable bonds is 9. The van der Waals surface area contributed by atoms with Crippen LogP contribution in [0.25, 0.3) is 0 Å². The van der Waals surface area contributed by atoms with Crippen LogP contribution in [0.4, 0.5) is 0 Å². The first kappa shape index (κ1) is 16.6. The first-order chi connectivity index (χ1) is 9.05. The van der Waals surface area contributed by atoms with Crippen LogP contribution in [-0.4, -0.2) is 44.6 Å². The average Bonchev–Trinajstić information content (AvgIpc) is 2.86. The molecule has 1 aromatic rings. The minimum absolute atomic E-state index is 0.193. The maximum atomic E-state index is 12.1. The van der Waals surface area contributed by atoms with E-state index in [1.165, 1.54) is 17.4 Å². The molecule has 110 valence electrons. The molecular weight excluding hydrogens is 284 g/mol. The second kappa shape index (κ2) is 7.96. The SMILES string of the molecule is CCCN(CC)CCNS(=O)(=O)c1ccsc1CO. The van der Waals surface area contributed by atoms with Crippen LogP contribution >= 0.6 is 11.3 Å². The molecule has 2 N–H and O–H groups in total. The van der Waals surface area contributed by atoms with Gasteiger partial charge in [-0.25, -0.2) is 13.1 Å². The van der Waals surface area contributed by atoms with Crippen molar-refractivity contribution in [2.24, 2.45) is 0 Å². The molecule has 0 aliphatic heterocycles. The number of hydrogen-bond acceptors (Lipinski definition) is 5. The smallest absolute Gasteiger partial charge is 0.241 e. The molecule has 0 atom stereocenters. The minimum atomic E-state index is -3.50. The highest BCUT2D eigenvalue weighted by atomic mass is 32.2. The second-order valence-corrected chi connectivity index (χ2v) is 6.93. The van der Waals surface area contributed by atoms with Crippen molar-refractivity contribution in [3.8, 4) is 0 Å². The van der Waals surface area contributed by atoms with Gasteiger partial charge in [0.1, 0.15) is 0 Å². The first-order valence-electron chi connectivity index (χ1n) is 6.44. The first-order valence-corrected chi connectivity index (χ1v) is 8.80. The van der Waals surface area contributed by atoms with E-state index in [-0.39, 0.29) is 11.5 Å².